The highest BCUT2D eigenvalue weighted by molar-refractivity contribution is 7.89. The topological polar surface area (TPSA) is 98.0 Å². The molecule has 2 atom stereocenters. The van der Waals surface area contributed by atoms with Crippen LogP contribution < -0.4 is 10.5 Å². The Bertz CT molecular complexity index is 741. The molecular weight excluding hydrogens is 296 g/mol. The Labute approximate surface area is 121 Å². The second kappa shape index (κ2) is 5.03. The first-order chi connectivity index (χ1) is 9.47. The van der Waals surface area contributed by atoms with Crippen LogP contribution in [-0.4, -0.2) is 29.2 Å². The van der Waals surface area contributed by atoms with Crippen LogP contribution in [0.3, 0.4) is 0 Å². The number of nitrogens with zero attached hydrogens (tertiary/aromatic N) is 2. The number of rotatable bonds is 3. The molecule has 0 amide bonds. The SMILES string of the molecule is Cc1ccc2nsnc2c1S(=O)(=O)N[C@@H]1CC[C@@H](N)C1. The molecule has 0 bridgehead atoms. The van der Waals surface area contributed by atoms with Crippen LogP contribution in [0.4, 0.5) is 0 Å². The number of hydrogen-bond acceptors (Lipinski definition) is 6. The standard InChI is InChI=1S/C12H16N4O2S2/c1-7-2-5-10-11(15-19-14-10)12(7)20(17,18)16-9-4-3-8(13)6-9/h2,5,8-9,16H,3-4,6,13H2,1H3/t8-,9-/m1/s1. The first kappa shape index (κ1) is 13.9. The van der Waals surface area contributed by atoms with E-state index in [0.717, 1.165) is 24.6 Å². The van der Waals surface area contributed by atoms with Crippen molar-refractivity contribution in [2.24, 2.45) is 5.73 Å². The van der Waals surface area contributed by atoms with Crippen LogP contribution in [0.15, 0.2) is 17.0 Å². The number of hydrogen-bond donors (Lipinski definition) is 2. The highest BCUT2D eigenvalue weighted by Crippen LogP contribution is 2.27. The smallest absolute Gasteiger partial charge is 0.243 e. The third kappa shape index (κ3) is 2.44. The Morgan fingerprint density at radius 1 is 1.35 bits per heavy atom. The fourth-order valence-electron chi connectivity index (χ4n) is 2.67. The number of aryl methyl sites for hydroxylation is 1. The first-order valence-corrected chi connectivity index (χ1v) is 8.68. The molecule has 0 spiro atoms. The van der Waals surface area contributed by atoms with Crippen molar-refractivity contribution in [3.8, 4) is 0 Å². The quantitative estimate of drug-likeness (QED) is 0.886. The van der Waals surface area contributed by atoms with Crippen molar-refractivity contribution < 1.29 is 8.42 Å². The van der Waals surface area contributed by atoms with E-state index in [9.17, 15) is 8.42 Å². The molecule has 1 aliphatic rings. The lowest BCUT2D eigenvalue weighted by atomic mass is 10.2. The molecule has 0 radical (unpaired) electrons. The second-order valence-electron chi connectivity index (χ2n) is 5.23. The lowest BCUT2D eigenvalue weighted by Gasteiger charge is -2.14. The summed E-state index contributed by atoms with van der Waals surface area (Å²) in [5.74, 6) is 0. The summed E-state index contributed by atoms with van der Waals surface area (Å²) in [6, 6.07) is 3.55. The Kier molecular flexibility index (Phi) is 3.49. The Morgan fingerprint density at radius 2 is 2.15 bits per heavy atom. The van der Waals surface area contributed by atoms with Crippen molar-refractivity contribution in [1.82, 2.24) is 13.5 Å². The zero-order chi connectivity index (χ0) is 14.3. The average Bonchev–Trinajstić information content (AvgIpc) is 2.96. The van der Waals surface area contributed by atoms with Crippen molar-refractivity contribution in [1.29, 1.82) is 0 Å². The molecule has 3 rings (SSSR count). The molecule has 0 unspecified atom stereocenters. The van der Waals surface area contributed by atoms with Gasteiger partial charge in [0.05, 0.1) is 11.7 Å². The zero-order valence-corrected chi connectivity index (χ0v) is 12.7. The maximum absolute atomic E-state index is 12.6. The monoisotopic (exact) mass is 312 g/mol. The lowest BCUT2D eigenvalue weighted by molar-refractivity contribution is 0.549. The van der Waals surface area contributed by atoms with Crippen LogP contribution >= 0.6 is 11.7 Å². The van der Waals surface area contributed by atoms with Gasteiger partial charge in [-0.15, -0.1) is 0 Å². The van der Waals surface area contributed by atoms with E-state index in [2.05, 4.69) is 13.5 Å². The summed E-state index contributed by atoms with van der Waals surface area (Å²) in [6.45, 7) is 1.77. The van der Waals surface area contributed by atoms with Gasteiger partial charge in [0.15, 0.2) is 0 Å². The minimum Gasteiger partial charge on any atom is -0.328 e. The van der Waals surface area contributed by atoms with Gasteiger partial charge < -0.3 is 5.73 Å². The van der Waals surface area contributed by atoms with Gasteiger partial charge in [-0.1, -0.05) is 6.07 Å². The van der Waals surface area contributed by atoms with Gasteiger partial charge in [0.1, 0.15) is 15.9 Å². The molecule has 20 heavy (non-hydrogen) atoms. The molecule has 1 aromatic heterocycles. The van der Waals surface area contributed by atoms with E-state index in [1.165, 1.54) is 0 Å². The van der Waals surface area contributed by atoms with Gasteiger partial charge in [0.2, 0.25) is 10.0 Å². The summed E-state index contributed by atoms with van der Waals surface area (Å²) >= 11 is 1.02. The molecule has 8 heteroatoms. The maximum atomic E-state index is 12.6. The van der Waals surface area contributed by atoms with Crippen molar-refractivity contribution in [3.63, 3.8) is 0 Å². The molecule has 1 heterocycles. The summed E-state index contributed by atoms with van der Waals surface area (Å²) in [6.07, 6.45) is 2.32. The minimum absolute atomic E-state index is 0.0838. The molecule has 2 aromatic rings. The largest absolute Gasteiger partial charge is 0.328 e. The zero-order valence-electron chi connectivity index (χ0n) is 11.0. The molecule has 3 N–H and O–H groups in total. The highest BCUT2D eigenvalue weighted by atomic mass is 32.2. The average molecular weight is 312 g/mol. The summed E-state index contributed by atoms with van der Waals surface area (Å²) < 4.78 is 36.2. The molecule has 6 nitrogen and oxygen atoms in total. The molecule has 0 saturated heterocycles. The van der Waals surface area contributed by atoms with Gasteiger partial charge in [-0.25, -0.2) is 13.1 Å². The van der Waals surface area contributed by atoms with E-state index in [0.29, 0.717) is 23.0 Å². The number of benzene rings is 1. The van der Waals surface area contributed by atoms with E-state index in [-0.39, 0.29) is 17.0 Å². The van der Waals surface area contributed by atoms with Gasteiger partial charge in [0.25, 0.3) is 0 Å². The van der Waals surface area contributed by atoms with E-state index < -0.39 is 10.0 Å². The molecule has 1 saturated carbocycles. The Morgan fingerprint density at radius 3 is 2.85 bits per heavy atom. The van der Waals surface area contributed by atoms with E-state index in [4.69, 9.17) is 5.73 Å². The molecule has 1 aromatic carbocycles. The van der Waals surface area contributed by atoms with Gasteiger partial charge in [0, 0.05) is 12.1 Å². The predicted molar refractivity (Wildman–Crippen MR) is 78.1 cm³/mol. The van der Waals surface area contributed by atoms with Gasteiger partial charge >= 0.3 is 0 Å². The van der Waals surface area contributed by atoms with Crippen molar-refractivity contribution in [2.75, 3.05) is 0 Å². The third-order valence-electron chi connectivity index (χ3n) is 3.64. The summed E-state index contributed by atoms with van der Waals surface area (Å²) in [5, 5.41) is 0. The number of aromatic nitrogens is 2. The van der Waals surface area contributed by atoms with Crippen molar-refractivity contribution >= 4 is 32.8 Å². The van der Waals surface area contributed by atoms with Crippen LogP contribution in [0, 0.1) is 6.92 Å². The van der Waals surface area contributed by atoms with Crippen LogP contribution in [-0.2, 0) is 10.0 Å². The Hall–Kier alpha value is -1.09. The second-order valence-corrected chi connectivity index (χ2v) is 7.41. The Balaban J connectivity index is 2.00. The molecule has 0 aliphatic heterocycles. The fraction of sp³-hybridized carbons (Fsp3) is 0.500. The molecule has 1 aliphatic carbocycles. The summed E-state index contributed by atoms with van der Waals surface area (Å²) in [7, 11) is -3.60. The van der Waals surface area contributed by atoms with Gasteiger partial charge in [-0.3, -0.25) is 0 Å². The van der Waals surface area contributed by atoms with E-state index >= 15 is 0 Å². The number of nitrogens with two attached hydrogens (primary N) is 1. The molecule has 108 valence electrons. The van der Waals surface area contributed by atoms with Crippen LogP contribution in [0.25, 0.3) is 11.0 Å². The van der Waals surface area contributed by atoms with Crippen molar-refractivity contribution in [3.05, 3.63) is 17.7 Å². The number of nitrogens with one attached hydrogen (secondary N) is 1. The highest BCUT2D eigenvalue weighted by Gasteiger charge is 2.29. The van der Waals surface area contributed by atoms with Crippen molar-refractivity contribution in [2.45, 2.75) is 43.2 Å². The summed E-state index contributed by atoms with van der Waals surface area (Å²) in [5.41, 5.74) is 7.58. The van der Waals surface area contributed by atoms with E-state index in [1.807, 2.05) is 0 Å². The van der Waals surface area contributed by atoms with E-state index in [1.54, 1.807) is 19.1 Å². The van der Waals surface area contributed by atoms with Gasteiger partial charge in [-0.05, 0) is 37.8 Å². The van der Waals surface area contributed by atoms with Crippen LogP contribution in [0.1, 0.15) is 24.8 Å². The molecule has 1 fully saturated rings. The normalized spacial score (nSPS) is 23.5. The van der Waals surface area contributed by atoms with Crippen LogP contribution in [0.5, 0.6) is 0 Å². The predicted octanol–water partition coefficient (Wildman–Crippen LogP) is 1.16. The molecular formula is C12H16N4O2S2. The maximum Gasteiger partial charge on any atom is 0.243 e. The van der Waals surface area contributed by atoms with Crippen LogP contribution in [0.2, 0.25) is 0 Å². The lowest BCUT2D eigenvalue weighted by Crippen LogP contribution is -2.34. The number of sulfonamides is 1. The van der Waals surface area contributed by atoms with Gasteiger partial charge in [-0.2, -0.15) is 8.75 Å². The third-order valence-corrected chi connectivity index (χ3v) is 5.88. The fourth-order valence-corrected chi connectivity index (χ4v) is 4.94. The minimum atomic E-state index is -3.60. The number of fused-ring (bicyclic) bond motifs is 1. The first-order valence-electron chi connectivity index (χ1n) is 6.47. The summed E-state index contributed by atoms with van der Waals surface area (Å²) in [4.78, 5) is 0.240.